The van der Waals surface area contributed by atoms with Crippen molar-refractivity contribution < 1.29 is 19.5 Å². The number of primary amides is 1. The minimum absolute atomic E-state index is 0.0174. The van der Waals surface area contributed by atoms with Gasteiger partial charge in [0.15, 0.2) is 11.9 Å². The molecular formula is C29H47N9O4. The third-order valence-electron chi connectivity index (χ3n) is 5.70. The number of benzene rings is 2. The molecule has 0 spiro atoms. The number of amides is 3. The molecule has 0 aliphatic carbocycles. The summed E-state index contributed by atoms with van der Waals surface area (Å²) in [5.41, 5.74) is 30.0. The number of aliphatic imine (C=N–C) groups is 2. The molecule has 2 rings (SSSR count). The SMILES string of the molecule is C[C@@H](NC=O)C(=O)NCCCc1ccccc1.Cc1cc(O)cc(C)c1C[C@@H](C)N=C(N)N.NC(=O)CCN=C(N)N. The van der Waals surface area contributed by atoms with Crippen LogP contribution in [0.2, 0.25) is 0 Å². The molecule has 2 atom stereocenters. The lowest BCUT2D eigenvalue weighted by atomic mass is 9.97. The first-order valence-corrected chi connectivity index (χ1v) is 13.5. The Morgan fingerprint density at radius 2 is 1.57 bits per heavy atom. The zero-order valence-corrected chi connectivity index (χ0v) is 25.0. The molecule has 13 heteroatoms. The second-order valence-corrected chi connectivity index (χ2v) is 9.57. The summed E-state index contributed by atoms with van der Waals surface area (Å²) in [4.78, 5) is 39.2. The Morgan fingerprint density at radius 1 is 0.976 bits per heavy atom. The average Bonchev–Trinajstić information content (AvgIpc) is 2.89. The first-order chi connectivity index (χ1) is 19.8. The van der Waals surface area contributed by atoms with Gasteiger partial charge < -0.3 is 44.4 Å². The second kappa shape index (κ2) is 21.0. The molecule has 0 radical (unpaired) electrons. The molecule has 0 fully saturated rings. The Balaban J connectivity index is 0.000000631. The van der Waals surface area contributed by atoms with Gasteiger partial charge in [0.2, 0.25) is 18.2 Å². The largest absolute Gasteiger partial charge is 0.508 e. The van der Waals surface area contributed by atoms with Gasteiger partial charge in [0.05, 0.1) is 12.6 Å². The summed E-state index contributed by atoms with van der Waals surface area (Å²) in [6.07, 6.45) is 3.34. The van der Waals surface area contributed by atoms with Crippen LogP contribution in [0.3, 0.4) is 0 Å². The highest BCUT2D eigenvalue weighted by atomic mass is 16.3. The van der Waals surface area contributed by atoms with Gasteiger partial charge in [-0.2, -0.15) is 0 Å². The molecule has 0 heterocycles. The fourth-order valence-corrected chi connectivity index (χ4v) is 3.66. The van der Waals surface area contributed by atoms with Crippen LogP contribution in [0.25, 0.3) is 0 Å². The molecule has 42 heavy (non-hydrogen) atoms. The molecule has 232 valence electrons. The lowest BCUT2D eigenvalue weighted by Gasteiger charge is -2.13. The minimum atomic E-state index is -0.468. The third kappa shape index (κ3) is 18.5. The van der Waals surface area contributed by atoms with Crippen LogP contribution >= 0.6 is 0 Å². The van der Waals surface area contributed by atoms with Gasteiger partial charge in [0.25, 0.3) is 0 Å². The van der Waals surface area contributed by atoms with Crippen molar-refractivity contribution in [3.8, 4) is 5.75 Å². The highest BCUT2D eigenvalue weighted by molar-refractivity contribution is 5.83. The number of phenols is 1. The lowest BCUT2D eigenvalue weighted by Crippen LogP contribution is -2.41. The second-order valence-electron chi connectivity index (χ2n) is 9.57. The number of aromatic hydroxyl groups is 1. The number of nitrogens with two attached hydrogens (primary N) is 5. The van der Waals surface area contributed by atoms with E-state index in [4.69, 9.17) is 28.7 Å². The topological polar surface area (TPSA) is 250 Å². The van der Waals surface area contributed by atoms with Crippen LogP contribution in [0.15, 0.2) is 52.4 Å². The monoisotopic (exact) mass is 585 g/mol. The molecule has 0 unspecified atom stereocenters. The van der Waals surface area contributed by atoms with Gasteiger partial charge in [0, 0.05) is 13.0 Å². The smallest absolute Gasteiger partial charge is 0.242 e. The van der Waals surface area contributed by atoms with Crippen molar-refractivity contribution >= 4 is 30.1 Å². The lowest BCUT2D eigenvalue weighted by molar-refractivity contribution is -0.124. The molecular weight excluding hydrogens is 538 g/mol. The maximum Gasteiger partial charge on any atom is 0.242 e. The Labute approximate surface area is 248 Å². The maximum absolute atomic E-state index is 11.4. The number of phenolic OH excluding ortho intramolecular Hbond substituents is 1. The predicted octanol–water partition coefficient (Wildman–Crippen LogP) is 0.219. The van der Waals surface area contributed by atoms with E-state index in [0.717, 1.165) is 30.4 Å². The van der Waals surface area contributed by atoms with E-state index >= 15 is 0 Å². The van der Waals surface area contributed by atoms with E-state index in [1.165, 1.54) is 11.1 Å². The quantitative estimate of drug-likeness (QED) is 0.0696. The fraction of sp³-hybridized carbons (Fsp3) is 0.414. The van der Waals surface area contributed by atoms with Crippen molar-refractivity contribution in [1.29, 1.82) is 0 Å². The van der Waals surface area contributed by atoms with Crippen molar-refractivity contribution in [2.45, 2.75) is 65.5 Å². The van der Waals surface area contributed by atoms with E-state index in [1.54, 1.807) is 19.1 Å². The summed E-state index contributed by atoms with van der Waals surface area (Å²) < 4.78 is 0. The first kappa shape index (κ1) is 37.2. The zero-order valence-electron chi connectivity index (χ0n) is 25.0. The normalized spacial score (nSPS) is 11.1. The summed E-state index contributed by atoms with van der Waals surface area (Å²) >= 11 is 0. The number of aryl methyl sites for hydroxylation is 3. The fourth-order valence-electron chi connectivity index (χ4n) is 3.66. The van der Waals surface area contributed by atoms with Gasteiger partial charge >= 0.3 is 0 Å². The summed E-state index contributed by atoms with van der Waals surface area (Å²) in [7, 11) is 0. The summed E-state index contributed by atoms with van der Waals surface area (Å²) in [6.45, 7) is 8.47. The number of hydrogen-bond donors (Lipinski definition) is 8. The van der Waals surface area contributed by atoms with Gasteiger partial charge in [-0.1, -0.05) is 30.3 Å². The predicted molar refractivity (Wildman–Crippen MR) is 167 cm³/mol. The van der Waals surface area contributed by atoms with Crippen LogP contribution in [0, 0.1) is 13.8 Å². The summed E-state index contributed by atoms with van der Waals surface area (Å²) in [5, 5.41) is 14.6. The molecule has 13 nitrogen and oxygen atoms in total. The average molecular weight is 586 g/mol. The van der Waals surface area contributed by atoms with E-state index in [0.29, 0.717) is 18.7 Å². The minimum Gasteiger partial charge on any atom is -0.508 e. The zero-order chi connectivity index (χ0) is 32.1. The highest BCUT2D eigenvalue weighted by Gasteiger charge is 2.10. The van der Waals surface area contributed by atoms with Crippen molar-refractivity contribution in [2.75, 3.05) is 13.1 Å². The van der Waals surface area contributed by atoms with Crippen LogP contribution in [0.5, 0.6) is 5.75 Å². The number of carbonyl (C=O) groups is 3. The molecule has 0 aliphatic heterocycles. The summed E-state index contributed by atoms with van der Waals surface area (Å²) in [6, 6.07) is 13.2. The Bertz CT molecular complexity index is 1140. The van der Waals surface area contributed by atoms with E-state index in [-0.39, 0.29) is 36.8 Å². The number of guanidine groups is 2. The van der Waals surface area contributed by atoms with E-state index < -0.39 is 11.9 Å². The molecule has 0 saturated carbocycles. The first-order valence-electron chi connectivity index (χ1n) is 13.5. The number of hydrogen-bond acceptors (Lipinski definition) is 6. The molecule has 0 bridgehead atoms. The van der Waals surface area contributed by atoms with Gasteiger partial charge in [-0.15, -0.1) is 0 Å². The summed E-state index contributed by atoms with van der Waals surface area (Å²) in [5.74, 6) is -0.156. The Morgan fingerprint density at radius 3 is 2.07 bits per heavy atom. The maximum atomic E-state index is 11.4. The van der Waals surface area contributed by atoms with Crippen molar-refractivity contribution in [2.24, 2.45) is 38.7 Å². The van der Waals surface area contributed by atoms with Crippen LogP contribution in [-0.4, -0.2) is 60.4 Å². The van der Waals surface area contributed by atoms with Crippen molar-refractivity contribution in [3.05, 3.63) is 64.7 Å². The van der Waals surface area contributed by atoms with E-state index in [2.05, 4.69) is 32.8 Å². The van der Waals surface area contributed by atoms with Gasteiger partial charge in [-0.05, 0) is 81.3 Å². The van der Waals surface area contributed by atoms with Crippen molar-refractivity contribution in [3.63, 3.8) is 0 Å². The molecule has 0 saturated heterocycles. The van der Waals surface area contributed by atoms with Gasteiger partial charge in [-0.3, -0.25) is 24.4 Å². The number of nitrogens with zero attached hydrogens (tertiary/aromatic N) is 2. The van der Waals surface area contributed by atoms with Crippen LogP contribution in [0.4, 0.5) is 0 Å². The van der Waals surface area contributed by atoms with Crippen LogP contribution < -0.4 is 39.3 Å². The van der Waals surface area contributed by atoms with E-state index in [1.807, 2.05) is 39.0 Å². The number of nitrogens with one attached hydrogen (secondary N) is 2. The van der Waals surface area contributed by atoms with Crippen molar-refractivity contribution in [1.82, 2.24) is 10.6 Å². The molecule has 0 aromatic heterocycles. The van der Waals surface area contributed by atoms with Crippen LogP contribution in [0.1, 0.15) is 48.9 Å². The number of rotatable bonds is 13. The standard InChI is InChI=1S/C13H18N2O2.C12H19N3O.C4H10N4O/c1-11(15-10-16)13(17)14-9-5-8-12-6-3-2-4-7-12;1-7-4-10(16)5-8(2)11(7)6-9(3)15-12(13)14;5-3(9)1-2-8-4(6)7/h2-4,6-7,10-11H,5,8-9H2,1H3,(H,14,17)(H,15,16);4-5,9,16H,6H2,1-3H3,(H4,13,14,15);1-2H2,(H2,5,9)(H4,6,7,8)/t11-;9-;/m11./s1. The molecule has 2 aromatic rings. The molecule has 3 amide bonds. The Hall–Kier alpha value is -4.81. The molecule has 13 N–H and O–H groups in total. The number of carbonyl (C=O) groups excluding carboxylic acids is 3. The van der Waals surface area contributed by atoms with Gasteiger partial charge in [0.1, 0.15) is 11.8 Å². The Kier molecular flexibility index (Phi) is 18.6. The van der Waals surface area contributed by atoms with E-state index in [9.17, 15) is 19.5 Å². The van der Waals surface area contributed by atoms with Crippen LogP contribution in [-0.2, 0) is 27.2 Å². The third-order valence-corrected chi connectivity index (χ3v) is 5.70. The highest BCUT2D eigenvalue weighted by Crippen LogP contribution is 2.22. The molecule has 2 aromatic carbocycles. The molecule has 0 aliphatic rings. The van der Waals surface area contributed by atoms with Gasteiger partial charge in [-0.25, -0.2) is 0 Å².